The Balaban J connectivity index is 1.94. The maximum Gasteiger partial charge on any atom is 0.416 e. The molecule has 12 heteroatoms. The van der Waals surface area contributed by atoms with Crippen molar-refractivity contribution in [3.8, 4) is 5.69 Å². The van der Waals surface area contributed by atoms with Crippen molar-refractivity contribution in [2.45, 2.75) is 31.0 Å². The Bertz CT molecular complexity index is 1290. The average Bonchev–Trinajstić information content (AvgIpc) is 3.08. The molecule has 0 unspecified atom stereocenters. The molecular weight excluding hydrogens is 449 g/mol. The number of rotatable bonds is 6. The Hall–Kier alpha value is -3.41. The molecule has 1 atom stereocenters. The Labute approximate surface area is 181 Å². The van der Waals surface area contributed by atoms with Crippen LogP contribution in [-0.2, 0) is 16.0 Å². The summed E-state index contributed by atoms with van der Waals surface area (Å²) in [7, 11) is -3.63. The first-order chi connectivity index (χ1) is 14.8. The summed E-state index contributed by atoms with van der Waals surface area (Å²) in [6.07, 6.45) is -2.08. The van der Waals surface area contributed by atoms with Gasteiger partial charge in [-0.15, -0.1) is 0 Å². The van der Waals surface area contributed by atoms with Gasteiger partial charge in [-0.05, 0) is 44.2 Å². The van der Waals surface area contributed by atoms with Crippen molar-refractivity contribution in [1.29, 1.82) is 0 Å². The molecule has 0 saturated carbocycles. The second-order valence-corrected chi connectivity index (χ2v) is 9.24. The third-order valence-corrected chi connectivity index (χ3v) is 6.01. The van der Waals surface area contributed by atoms with Crippen molar-refractivity contribution in [1.82, 2.24) is 9.78 Å². The van der Waals surface area contributed by atoms with Crippen LogP contribution in [0.1, 0.15) is 29.8 Å². The molecule has 0 aliphatic carbocycles. The lowest BCUT2D eigenvalue weighted by molar-refractivity contribution is -0.384. The molecule has 3 rings (SSSR count). The van der Waals surface area contributed by atoms with Gasteiger partial charge < -0.3 is 5.32 Å². The van der Waals surface area contributed by atoms with E-state index in [1.807, 2.05) is 0 Å². The number of hydrogen-bond acceptors (Lipinski definition) is 6. The van der Waals surface area contributed by atoms with Crippen LogP contribution < -0.4 is 5.32 Å². The highest BCUT2D eigenvalue weighted by Crippen LogP contribution is 2.33. The predicted molar refractivity (Wildman–Crippen MR) is 112 cm³/mol. The number of nitrogens with one attached hydrogen (secondary N) is 1. The zero-order chi connectivity index (χ0) is 23.8. The van der Waals surface area contributed by atoms with E-state index in [4.69, 9.17) is 0 Å². The Morgan fingerprint density at radius 2 is 1.88 bits per heavy atom. The molecule has 0 bridgehead atoms. The third-order valence-electron chi connectivity index (χ3n) is 4.90. The summed E-state index contributed by atoms with van der Waals surface area (Å²) >= 11 is 0. The smallest absolute Gasteiger partial charge is 0.373 e. The van der Waals surface area contributed by atoms with E-state index in [0.29, 0.717) is 11.3 Å². The maximum absolute atomic E-state index is 13.0. The van der Waals surface area contributed by atoms with Crippen molar-refractivity contribution in [3.05, 3.63) is 75.6 Å². The van der Waals surface area contributed by atoms with Gasteiger partial charge in [-0.2, -0.15) is 18.3 Å². The summed E-state index contributed by atoms with van der Waals surface area (Å²) in [5.74, 6) is 0. The van der Waals surface area contributed by atoms with E-state index >= 15 is 0 Å². The molecular formula is C20H19F3N4O4S. The number of nitro benzene ring substituents is 1. The van der Waals surface area contributed by atoms with E-state index in [0.717, 1.165) is 24.5 Å². The minimum Gasteiger partial charge on any atom is -0.373 e. The second kappa shape index (κ2) is 8.26. The topological polar surface area (TPSA) is 107 Å². The lowest BCUT2D eigenvalue weighted by Crippen LogP contribution is -2.11. The molecule has 32 heavy (non-hydrogen) atoms. The van der Waals surface area contributed by atoms with Crippen molar-refractivity contribution in [2.75, 3.05) is 11.6 Å². The summed E-state index contributed by atoms with van der Waals surface area (Å²) < 4.78 is 63.9. The number of alkyl halides is 3. The highest BCUT2D eigenvalue weighted by molar-refractivity contribution is 7.90. The number of aromatic nitrogens is 2. The molecule has 1 aromatic heterocycles. The predicted octanol–water partition coefficient (Wildman–Crippen LogP) is 4.68. The molecule has 170 valence electrons. The van der Waals surface area contributed by atoms with Gasteiger partial charge in [0.1, 0.15) is 5.69 Å². The number of nitro groups is 1. The summed E-state index contributed by atoms with van der Waals surface area (Å²) in [5.41, 5.74) is 0.242. The highest BCUT2D eigenvalue weighted by atomic mass is 32.2. The molecule has 2 aromatic carbocycles. The summed E-state index contributed by atoms with van der Waals surface area (Å²) in [5, 5.41) is 18.6. The second-order valence-electron chi connectivity index (χ2n) is 7.22. The molecule has 0 radical (unpaired) electrons. The molecule has 0 aliphatic rings. The normalized spacial score (nSPS) is 13.1. The van der Waals surface area contributed by atoms with Crippen LogP contribution in [0.3, 0.4) is 0 Å². The average molecular weight is 468 g/mol. The third kappa shape index (κ3) is 4.74. The van der Waals surface area contributed by atoms with Crippen LogP contribution in [0.4, 0.5) is 24.5 Å². The van der Waals surface area contributed by atoms with Gasteiger partial charge in [-0.1, -0.05) is 6.07 Å². The minimum atomic E-state index is -4.49. The molecule has 3 aromatic rings. The van der Waals surface area contributed by atoms with Gasteiger partial charge in [-0.25, -0.2) is 13.1 Å². The molecule has 0 spiro atoms. The van der Waals surface area contributed by atoms with Gasteiger partial charge in [0.25, 0.3) is 5.69 Å². The first-order valence-electron chi connectivity index (χ1n) is 9.26. The van der Waals surface area contributed by atoms with Crippen LogP contribution in [0, 0.1) is 17.0 Å². The highest BCUT2D eigenvalue weighted by Gasteiger charge is 2.31. The molecule has 1 heterocycles. The molecule has 8 nitrogen and oxygen atoms in total. The van der Waals surface area contributed by atoms with Gasteiger partial charge >= 0.3 is 6.18 Å². The fourth-order valence-electron chi connectivity index (χ4n) is 3.25. The molecule has 0 fully saturated rings. The SMILES string of the molecule is Cc1c([C@@H](C)Nc2ccc(S(C)(=O)=O)cc2[N+](=O)[O-])cnn1-c1cccc(C(F)(F)F)c1. The van der Waals surface area contributed by atoms with Crippen molar-refractivity contribution < 1.29 is 26.5 Å². The van der Waals surface area contributed by atoms with Crippen LogP contribution >= 0.6 is 0 Å². The fourth-order valence-corrected chi connectivity index (χ4v) is 3.89. The van der Waals surface area contributed by atoms with Crippen LogP contribution in [0.25, 0.3) is 5.69 Å². The van der Waals surface area contributed by atoms with Gasteiger partial charge in [0.15, 0.2) is 9.84 Å². The van der Waals surface area contributed by atoms with Gasteiger partial charge in [0, 0.05) is 23.6 Å². The van der Waals surface area contributed by atoms with E-state index in [2.05, 4.69) is 10.4 Å². The van der Waals surface area contributed by atoms with Crippen LogP contribution in [0.2, 0.25) is 0 Å². The van der Waals surface area contributed by atoms with E-state index < -0.39 is 38.2 Å². The minimum absolute atomic E-state index is 0.0983. The zero-order valence-corrected chi connectivity index (χ0v) is 18.0. The largest absolute Gasteiger partial charge is 0.416 e. The van der Waals surface area contributed by atoms with Crippen LogP contribution in [0.5, 0.6) is 0 Å². The Kier molecular flexibility index (Phi) is 6.00. The van der Waals surface area contributed by atoms with E-state index in [9.17, 15) is 31.7 Å². The molecule has 0 aliphatic heterocycles. The van der Waals surface area contributed by atoms with Crippen molar-refractivity contribution in [3.63, 3.8) is 0 Å². The van der Waals surface area contributed by atoms with Gasteiger partial charge in [0.2, 0.25) is 0 Å². The lowest BCUT2D eigenvalue weighted by Gasteiger charge is -2.16. The first kappa shape index (κ1) is 23.3. The van der Waals surface area contributed by atoms with Gasteiger partial charge in [0.05, 0.1) is 33.3 Å². The number of hydrogen-bond donors (Lipinski definition) is 1. The molecule has 1 N–H and O–H groups in total. The number of halogens is 3. The number of anilines is 1. The number of sulfone groups is 1. The van der Waals surface area contributed by atoms with E-state index in [-0.39, 0.29) is 16.3 Å². The van der Waals surface area contributed by atoms with Crippen molar-refractivity contribution in [2.24, 2.45) is 0 Å². The Morgan fingerprint density at radius 3 is 2.47 bits per heavy atom. The lowest BCUT2D eigenvalue weighted by atomic mass is 10.1. The van der Waals surface area contributed by atoms with Crippen LogP contribution in [0.15, 0.2) is 53.6 Å². The Morgan fingerprint density at radius 1 is 1.19 bits per heavy atom. The maximum atomic E-state index is 13.0. The first-order valence-corrected chi connectivity index (χ1v) is 11.2. The van der Waals surface area contributed by atoms with E-state index in [1.165, 1.54) is 35.1 Å². The van der Waals surface area contributed by atoms with Crippen LogP contribution in [-0.4, -0.2) is 29.4 Å². The molecule has 0 saturated heterocycles. The number of benzene rings is 2. The van der Waals surface area contributed by atoms with Crippen molar-refractivity contribution >= 4 is 21.2 Å². The zero-order valence-electron chi connectivity index (χ0n) is 17.2. The van der Waals surface area contributed by atoms with E-state index in [1.54, 1.807) is 13.8 Å². The monoisotopic (exact) mass is 468 g/mol. The van der Waals surface area contributed by atoms with Gasteiger partial charge in [-0.3, -0.25) is 10.1 Å². The fraction of sp³-hybridized carbons (Fsp3) is 0.250. The quantitative estimate of drug-likeness (QED) is 0.416. The summed E-state index contributed by atoms with van der Waals surface area (Å²) in [6.45, 7) is 3.37. The summed E-state index contributed by atoms with van der Waals surface area (Å²) in [4.78, 5) is 10.6. The number of nitrogens with zero attached hydrogens (tertiary/aromatic N) is 3. The standard InChI is InChI=1S/C20H19F3N4O4S/c1-12(25-18-8-7-16(32(3,30)31)10-19(18)27(28)29)17-11-24-26(13(17)2)15-6-4-5-14(9-15)20(21,22)23/h4-12,25H,1-3H3/t12-/m1/s1. The summed E-state index contributed by atoms with van der Waals surface area (Å²) in [6, 6.07) is 7.75. The molecule has 0 amide bonds.